The van der Waals surface area contributed by atoms with Gasteiger partial charge < -0.3 is 5.73 Å². The van der Waals surface area contributed by atoms with Crippen LogP contribution in [0.1, 0.15) is 27.6 Å². The molecular formula is C13H11BrF3NS. The molecule has 0 fully saturated rings. The maximum absolute atomic E-state index is 13.0. The lowest BCUT2D eigenvalue weighted by molar-refractivity contribution is -0.138. The summed E-state index contributed by atoms with van der Waals surface area (Å²) in [5.74, 6) is 0. The van der Waals surface area contributed by atoms with Crippen molar-refractivity contribution >= 4 is 27.3 Å². The Morgan fingerprint density at radius 2 is 1.95 bits per heavy atom. The Balaban J connectivity index is 2.50. The first-order chi connectivity index (χ1) is 8.79. The maximum atomic E-state index is 13.0. The highest BCUT2D eigenvalue weighted by Crippen LogP contribution is 2.37. The first kappa shape index (κ1) is 14.6. The van der Waals surface area contributed by atoms with Crippen molar-refractivity contribution in [2.24, 2.45) is 5.73 Å². The number of benzene rings is 1. The van der Waals surface area contributed by atoms with Crippen molar-refractivity contribution in [3.8, 4) is 0 Å². The highest BCUT2D eigenvalue weighted by Gasteiger charge is 2.35. The van der Waals surface area contributed by atoms with Crippen LogP contribution in [0.4, 0.5) is 13.2 Å². The normalized spacial score (nSPS) is 13.6. The van der Waals surface area contributed by atoms with Gasteiger partial charge in [-0.3, -0.25) is 0 Å². The fraction of sp³-hybridized carbons (Fsp3) is 0.231. The van der Waals surface area contributed by atoms with Crippen LogP contribution >= 0.6 is 27.3 Å². The lowest BCUT2D eigenvalue weighted by Gasteiger charge is -2.18. The van der Waals surface area contributed by atoms with E-state index >= 15 is 0 Å². The number of rotatable bonds is 2. The van der Waals surface area contributed by atoms with E-state index in [9.17, 15) is 13.2 Å². The summed E-state index contributed by atoms with van der Waals surface area (Å²) in [5, 5.41) is 1.79. The molecule has 0 saturated carbocycles. The first-order valence-electron chi connectivity index (χ1n) is 5.46. The third-order valence-corrected chi connectivity index (χ3v) is 4.14. The summed E-state index contributed by atoms with van der Waals surface area (Å²) in [7, 11) is 0. The summed E-state index contributed by atoms with van der Waals surface area (Å²) >= 11 is 4.53. The maximum Gasteiger partial charge on any atom is 0.416 e. The van der Waals surface area contributed by atoms with Crippen LogP contribution < -0.4 is 5.73 Å². The van der Waals surface area contributed by atoms with Crippen molar-refractivity contribution < 1.29 is 13.2 Å². The molecule has 0 bridgehead atoms. The Morgan fingerprint density at radius 1 is 1.26 bits per heavy atom. The average Bonchev–Trinajstić information content (AvgIpc) is 2.74. The average molecular weight is 350 g/mol. The van der Waals surface area contributed by atoms with Gasteiger partial charge in [-0.1, -0.05) is 22.0 Å². The summed E-state index contributed by atoms with van der Waals surface area (Å²) in [6.45, 7) is 1.90. The minimum atomic E-state index is -4.41. The second-order valence-electron chi connectivity index (χ2n) is 4.20. The van der Waals surface area contributed by atoms with Gasteiger partial charge in [0, 0.05) is 9.35 Å². The number of alkyl halides is 3. The van der Waals surface area contributed by atoms with Crippen LogP contribution in [0.15, 0.2) is 34.1 Å². The molecule has 0 aliphatic rings. The van der Waals surface area contributed by atoms with Gasteiger partial charge in [0.15, 0.2) is 0 Å². The van der Waals surface area contributed by atoms with E-state index in [4.69, 9.17) is 5.73 Å². The molecule has 0 amide bonds. The van der Waals surface area contributed by atoms with E-state index in [2.05, 4.69) is 15.9 Å². The minimum absolute atomic E-state index is 0.0912. The quantitative estimate of drug-likeness (QED) is 0.820. The molecule has 1 aromatic carbocycles. The minimum Gasteiger partial charge on any atom is -0.320 e. The molecule has 1 atom stereocenters. The lowest BCUT2D eigenvalue weighted by Crippen LogP contribution is -2.18. The second-order valence-corrected chi connectivity index (χ2v) is 6.23. The van der Waals surface area contributed by atoms with E-state index in [0.717, 1.165) is 10.9 Å². The predicted octanol–water partition coefficient (Wildman–Crippen LogP) is 4.89. The van der Waals surface area contributed by atoms with Gasteiger partial charge in [-0.15, -0.1) is 11.3 Å². The summed E-state index contributed by atoms with van der Waals surface area (Å²) < 4.78 is 39.5. The van der Waals surface area contributed by atoms with Crippen molar-refractivity contribution in [3.05, 3.63) is 55.7 Å². The Labute approximate surface area is 121 Å². The molecule has 102 valence electrons. The molecule has 2 rings (SSSR count). The third kappa shape index (κ3) is 3.19. The van der Waals surface area contributed by atoms with Gasteiger partial charge in [-0.25, -0.2) is 0 Å². The van der Waals surface area contributed by atoms with Gasteiger partial charge in [-0.05, 0) is 41.6 Å². The van der Waals surface area contributed by atoms with Crippen molar-refractivity contribution in [1.29, 1.82) is 0 Å². The zero-order chi connectivity index (χ0) is 14.2. The summed E-state index contributed by atoms with van der Waals surface area (Å²) in [6.07, 6.45) is -4.41. The molecule has 2 aromatic rings. The van der Waals surface area contributed by atoms with Gasteiger partial charge in [0.2, 0.25) is 0 Å². The molecule has 1 aromatic heterocycles. The Hall–Kier alpha value is -0.850. The first-order valence-corrected chi connectivity index (χ1v) is 7.13. The van der Waals surface area contributed by atoms with Crippen molar-refractivity contribution in [2.45, 2.75) is 19.1 Å². The monoisotopic (exact) mass is 349 g/mol. The topological polar surface area (TPSA) is 26.0 Å². The number of hydrogen-bond donors (Lipinski definition) is 1. The van der Waals surface area contributed by atoms with E-state index < -0.39 is 17.8 Å². The van der Waals surface area contributed by atoms with Gasteiger partial charge in [-0.2, -0.15) is 13.2 Å². The van der Waals surface area contributed by atoms with Crippen LogP contribution in [0, 0.1) is 6.92 Å². The fourth-order valence-corrected chi connectivity index (χ4v) is 2.95. The van der Waals surface area contributed by atoms with E-state index in [1.54, 1.807) is 11.4 Å². The van der Waals surface area contributed by atoms with E-state index in [0.29, 0.717) is 10.0 Å². The molecule has 0 aliphatic heterocycles. The zero-order valence-electron chi connectivity index (χ0n) is 9.96. The predicted molar refractivity (Wildman–Crippen MR) is 74.2 cm³/mol. The lowest BCUT2D eigenvalue weighted by atomic mass is 9.96. The number of nitrogens with two attached hydrogens (primary N) is 1. The molecule has 2 N–H and O–H groups in total. The van der Waals surface area contributed by atoms with Gasteiger partial charge in [0.05, 0.1) is 11.6 Å². The van der Waals surface area contributed by atoms with Crippen molar-refractivity contribution in [1.82, 2.24) is 0 Å². The Morgan fingerprint density at radius 3 is 2.47 bits per heavy atom. The largest absolute Gasteiger partial charge is 0.416 e. The SMILES string of the molecule is Cc1cc(C(N)c2ccc(Br)cc2C(F)(F)F)cs1. The molecule has 1 heterocycles. The van der Waals surface area contributed by atoms with Crippen LogP contribution in [0.5, 0.6) is 0 Å². The highest BCUT2D eigenvalue weighted by atomic mass is 79.9. The number of hydrogen-bond acceptors (Lipinski definition) is 2. The molecule has 1 nitrogen and oxygen atoms in total. The number of aryl methyl sites for hydroxylation is 1. The van der Waals surface area contributed by atoms with Crippen LogP contribution in [-0.4, -0.2) is 0 Å². The molecule has 0 spiro atoms. The molecule has 6 heteroatoms. The van der Waals surface area contributed by atoms with E-state index in [1.165, 1.54) is 17.4 Å². The summed E-state index contributed by atoms with van der Waals surface area (Å²) in [4.78, 5) is 1.02. The summed E-state index contributed by atoms with van der Waals surface area (Å²) in [6, 6.07) is 5.11. The highest BCUT2D eigenvalue weighted by molar-refractivity contribution is 9.10. The standard InChI is InChI=1S/C13H11BrF3NS/c1-7-4-8(6-19-7)12(18)10-3-2-9(14)5-11(10)13(15,16)17/h2-6,12H,18H2,1H3. The molecule has 19 heavy (non-hydrogen) atoms. The third-order valence-electron chi connectivity index (χ3n) is 2.77. The molecule has 0 saturated heterocycles. The van der Waals surface area contributed by atoms with Gasteiger partial charge >= 0.3 is 6.18 Å². The smallest absolute Gasteiger partial charge is 0.320 e. The van der Waals surface area contributed by atoms with Crippen LogP contribution in [0.25, 0.3) is 0 Å². The Bertz CT molecular complexity index is 592. The van der Waals surface area contributed by atoms with Crippen molar-refractivity contribution in [3.63, 3.8) is 0 Å². The van der Waals surface area contributed by atoms with Gasteiger partial charge in [0.25, 0.3) is 0 Å². The molecular weight excluding hydrogens is 339 g/mol. The number of thiophene rings is 1. The zero-order valence-corrected chi connectivity index (χ0v) is 12.4. The van der Waals surface area contributed by atoms with Crippen LogP contribution in [0.3, 0.4) is 0 Å². The van der Waals surface area contributed by atoms with Gasteiger partial charge in [0.1, 0.15) is 0 Å². The fourth-order valence-electron chi connectivity index (χ4n) is 1.85. The van der Waals surface area contributed by atoms with Crippen molar-refractivity contribution in [2.75, 3.05) is 0 Å². The van der Waals surface area contributed by atoms with E-state index in [-0.39, 0.29) is 5.56 Å². The van der Waals surface area contributed by atoms with Crippen LogP contribution in [-0.2, 0) is 6.18 Å². The molecule has 1 unspecified atom stereocenters. The molecule has 0 aliphatic carbocycles. The van der Waals surface area contributed by atoms with E-state index in [1.807, 2.05) is 13.0 Å². The van der Waals surface area contributed by atoms with Crippen LogP contribution in [0.2, 0.25) is 0 Å². The second kappa shape index (κ2) is 5.26. The number of halogens is 4. The molecule has 0 radical (unpaired) electrons. The Kier molecular flexibility index (Phi) is 4.03. The summed E-state index contributed by atoms with van der Waals surface area (Å²) in [5.41, 5.74) is 6.07.